The SMILES string of the molecule is Cc1nc2c(n1O)CCC/C2=N\O.c1ccoc1. The Kier molecular flexibility index (Phi) is 3.66. The third-order valence-electron chi connectivity index (χ3n) is 2.76. The summed E-state index contributed by atoms with van der Waals surface area (Å²) in [5.41, 5.74) is 1.95. The first-order valence-electron chi connectivity index (χ1n) is 5.70. The minimum atomic E-state index is 0.535. The van der Waals surface area contributed by atoms with Crippen molar-refractivity contribution in [1.29, 1.82) is 0 Å². The number of fused-ring (bicyclic) bond motifs is 1. The smallest absolute Gasteiger partial charge is 0.142 e. The lowest BCUT2D eigenvalue weighted by molar-refractivity contribution is 0.169. The molecule has 0 saturated carbocycles. The second-order valence-electron chi connectivity index (χ2n) is 3.96. The number of furan rings is 1. The Morgan fingerprint density at radius 2 is 2.06 bits per heavy atom. The van der Waals surface area contributed by atoms with Gasteiger partial charge < -0.3 is 14.8 Å². The summed E-state index contributed by atoms with van der Waals surface area (Å²) in [5, 5.41) is 21.4. The van der Waals surface area contributed by atoms with Crippen molar-refractivity contribution in [1.82, 2.24) is 9.71 Å². The number of oxime groups is 1. The maximum Gasteiger partial charge on any atom is 0.142 e. The summed E-state index contributed by atoms with van der Waals surface area (Å²) in [5.74, 6) is 0.535. The number of rotatable bonds is 0. The summed E-state index contributed by atoms with van der Waals surface area (Å²) in [7, 11) is 0. The molecule has 0 atom stereocenters. The molecule has 2 heterocycles. The van der Waals surface area contributed by atoms with Crippen molar-refractivity contribution in [3.63, 3.8) is 0 Å². The van der Waals surface area contributed by atoms with Crippen LogP contribution in [0.3, 0.4) is 0 Å². The topological polar surface area (TPSA) is 83.8 Å². The van der Waals surface area contributed by atoms with E-state index >= 15 is 0 Å². The van der Waals surface area contributed by atoms with Crippen molar-refractivity contribution < 1.29 is 14.8 Å². The van der Waals surface area contributed by atoms with E-state index in [0.29, 0.717) is 17.2 Å². The molecule has 0 spiro atoms. The average Bonchev–Trinajstić information content (AvgIpc) is 3.03. The Bertz CT molecular complexity index is 512. The normalized spacial score (nSPS) is 15.9. The number of imidazole rings is 1. The number of nitrogens with zero attached hydrogens (tertiary/aromatic N) is 3. The van der Waals surface area contributed by atoms with Crippen LogP contribution < -0.4 is 0 Å². The first-order chi connectivity index (χ1) is 8.74. The molecular weight excluding hydrogens is 234 g/mol. The highest BCUT2D eigenvalue weighted by Gasteiger charge is 2.23. The molecule has 2 aromatic heterocycles. The van der Waals surface area contributed by atoms with E-state index in [1.807, 2.05) is 12.1 Å². The van der Waals surface area contributed by atoms with E-state index in [2.05, 4.69) is 14.6 Å². The van der Waals surface area contributed by atoms with Gasteiger partial charge in [-0.25, -0.2) is 4.98 Å². The summed E-state index contributed by atoms with van der Waals surface area (Å²) in [4.78, 5) is 4.13. The Hall–Kier alpha value is -2.24. The van der Waals surface area contributed by atoms with Crippen molar-refractivity contribution in [2.24, 2.45) is 5.16 Å². The van der Waals surface area contributed by atoms with Crippen molar-refractivity contribution in [3.8, 4) is 0 Å². The van der Waals surface area contributed by atoms with E-state index in [-0.39, 0.29) is 0 Å². The Labute approximate surface area is 104 Å². The number of aromatic nitrogens is 2. The molecule has 18 heavy (non-hydrogen) atoms. The summed E-state index contributed by atoms with van der Waals surface area (Å²) in [6, 6.07) is 3.67. The predicted molar refractivity (Wildman–Crippen MR) is 64.1 cm³/mol. The van der Waals surface area contributed by atoms with E-state index < -0.39 is 0 Å². The third kappa shape index (κ3) is 2.37. The fourth-order valence-electron chi connectivity index (χ4n) is 1.89. The standard InChI is InChI=1S/C8H11N3O2.C4H4O/c1-5-9-8-6(10-12)3-2-4-7(8)11(5)13;1-2-4-5-3-1/h12-13H,2-4H2,1H3;1-4H/b10-6+;. The van der Waals surface area contributed by atoms with Gasteiger partial charge in [0, 0.05) is 0 Å². The molecule has 2 aromatic rings. The fraction of sp³-hybridized carbons (Fsp3) is 0.333. The predicted octanol–water partition coefficient (Wildman–Crippen LogP) is 2.22. The van der Waals surface area contributed by atoms with E-state index in [1.54, 1.807) is 19.5 Å². The van der Waals surface area contributed by atoms with E-state index in [0.717, 1.165) is 29.7 Å². The first kappa shape index (κ1) is 12.2. The quantitative estimate of drug-likeness (QED) is 0.426. The van der Waals surface area contributed by atoms with Crippen LogP contribution in [0.2, 0.25) is 0 Å². The lowest BCUT2D eigenvalue weighted by Crippen LogP contribution is -2.13. The Morgan fingerprint density at radius 1 is 1.33 bits per heavy atom. The van der Waals surface area contributed by atoms with E-state index in [9.17, 15) is 5.21 Å². The zero-order valence-corrected chi connectivity index (χ0v) is 10.1. The number of hydrogen-bond donors (Lipinski definition) is 2. The molecule has 0 bridgehead atoms. The van der Waals surface area contributed by atoms with Crippen LogP contribution in [0.1, 0.15) is 30.1 Å². The van der Waals surface area contributed by atoms with Crippen LogP contribution >= 0.6 is 0 Å². The van der Waals surface area contributed by atoms with Crippen LogP contribution in [0.4, 0.5) is 0 Å². The Morgan fingerprint density at radius 3 is 2.61 bits per heavy atom. The van der Waals surface area contributed by atoms with Gasteiger partial charge in [0.25, 0.3) is 0 Å². The molecular formula is C12H15N3O3. The summed E-state index contributed by atoms with van der Waals surface area (Å²) in [6.45, 7) is 1.72. The zero-order chi connectivity index (χ0) is 13.0. The van der Waals surface area contributed by atoms with Crippen molar-refractivity contribution in [3.05, 3.63) is 41.9 Å². The molecule has 0 fully saturated rings. The molecule has 0 aromatic carbocycles. The monoisotopic (exact) mass is 249 g/mol. The maximum atomic E-state index is 9.51. The lowest BCUT2D eigenvalue weighted by Gasteiger charge is -2.11. The average molecular weight is 249 g/mol. The van der Waals surface area contributed by atoms with Gasteiger partial charge in [0.1, 0.15) is 17.2 Å². The number of hydrogen-bond acceptors (Lipinski definition) is 5. The van der Waals surface area contributed by atoms with Crippen molar-refractivity contribution in [2.75, 3.05) is 0 Å². The van der Waals surface area contributed by atoms with Crippen molar-refractivity contribution in [2.45, 2.75) is 26.2 Å². The van der Waals surface area contributed by atoms with Gasteiger partial charge in [0.15, 0.2) is 0 Å². The van der Waals surface area contributed by atoms with Crippen LogP contribution in [0.15, 0.2) is 34.2 Å². The van der Waals surface area contributed by atoms with Gasteiger partial charge in [-0.1, -0.05) is 5.16 Å². The molecule has 3 rings (SSSR count). The molecule has 96 valence electrons. The summed E-state index contributed by atoms with van der Waals surface area (Å²) >= 11 is 0. The minimum Gasteiger partial charge on any atom is -0.473 e. The van der Waals surface area contributed by atoms with Gasteiger partial charge in [-0.3, -0.25) is 0 Å². The molecule has 0 radical (unpaired) electrons. The molecule has 0 aliphatic heterocycles. The summed E-state index contributed by atoms with van der Waals surface area (Å²) < 4.78 is 5.65. The molecule has 0 amide bonds. The zero-order valence-electron chi connectivity index (χ0n) is 10.1. The van der Waals surface area contributed by atoms with Gasteiger partial charge in [-0.15, -0.1) is 0 Å². The third-order valence-corrected chi connectivity index (χ3v) is 2.76. The second kappa shape index (κ2) is 5.39. The van der Waals surface area contributed by atoms with E-state index in [4.69, 9.17) is 5.21 Å². The molecule has 6 heteroatoms. The minimum absolute atomic E-state index is 0.535. The molecule has 0 unspecified atom stereocenters. The Balaban J connectivity index is 0.000000202. The molecule has 0 saturated heterocycles. The van der Waals surface area contributed by atoms with Gasteiger partial charge >= 0.3 is 0 Å². The summed E-state index contributed by atoms with van der Waals surface area (Å²) in [6.07, 6.45) is 5.64. The molecule has 2 N–H and O–H groups in total. The van der Waals surface area contributed by atoms with Crippen LogP contribution in [0.5, 0.6) is 0 Å². The highest BCUT2D eigenvalue weighted by atomic mass is 16.5. The van der Waals surface area contributed by atoms with Crippen LogP contribution in [0.25, 0.3) is 0 Å². The van der Waals surface area contributed by atoms with E-state index in [1.165, 1.54) is 0 Å². The lowest BCUT2D eigenvalue weighted by atomic mass is 9.99. The van der Waals surface area contributed by atoms with Crippen LogP contribution in [-0.2, 0) is 6.42 Å². The fourth-order valence-corrected chi connectivity index (χ4v) is 1.89. The van der Waals surface area contributed by atoms with Crippen LogP contribution in [0, 0.1) is 6.92 Å². The maximum absolute atomic E-state index is 9.51. The van der Waals surface area contributed by atoms with Crippen molar-refractivity contribution >= 4 is 5.71 Å². The number of aryl methyl sites for hydroxylation is 1. The van der Waals surface area contributed by atoms with Gasteiger partial charge in [-0.05, 0) is 38.3 Å². The van der Waals surface area contributed by atoms with Gasteiger partial charge in [-0.2, -0.15) is 4.73 Å². The highest BCUT2D eigenvalue weighted by molar-refractivity contribution is 6.00. The molecule has 6 nitrogen and oxygen atoms in total. The largest absolute Gasteiger partial charge is 0.473 e. The second-order valence-corrected chi connectivity index (χ2v) is 3.96. The highest BCUT2D eigenvalue weighted by Crippen LogP contribution is 2.21. The molecule has 1 aliphatic carbocycles. The van der Waals surface area contributed by atoms with Gasteiger partial charge in [0.05, 0.1) is 18.2 Å². The molecule has 1 aliphatic rings. The van der Waals surface area contributed by atoms with Crippen LogP contribution in [-0.4, -0.2) is 25.8 Å². The first-order valence-corrected chi connectivity index (χ1v) is 5.70. The van der Waals surface area contributed by atoms with Gasteiger partial charge in [0.2, 0.25) is 0 Å².